The molecule has 30 heavy (non-hydrogen) atoms. The normalized spacial score (nSPS) is 13.9. The molecule has 3 rings (SSSR count). The van der Waals surface area contributed by atoms with E-state index in [1.807, 2.05) is 0 Å². The van der Waals surface area contributed by atoms with Gasteiger partial charge in [0.1, 0.15) is 11.0 Å². The van der Waals surface area contributed by atoms with Crippen molar-refractivity contribution in [1.29, 1.82) is 0 Å². The average Bonchev–Trinajstić information content (AvgIpc) is 3.24. The Balaban J connectivity index is 1.67. The summed E-state index contributed by atoms with van der Waals surface area (Å²) in [6.45, 7) is 2.80. The van der Waals surface area contributed by atoms with Gasteiger partial charge in [-0.2, -0.15) is 0 Å². The first-order chi connectivity index (χ1) is 14.3. The number of esters is 2. The number of fused-ring (bicyclic) bond motifs is 1. The van der Waals surface area contributed by atoms with Gasteiger partial charge in [-0.05, 0) is 45.1 Å². The zero-order chi connectivity index (χ0) is 21.8. The third-order valence-electron chi connectivity index (χ3n) is 4.85. The van der Waals surface area contributed by atoms with Crippen molar-refractivity contribution in [1.82, 2.24) is 4.57 Å². The largest absolute Gasteiger partial charge is 0.494 e. The first-order valence-corrected chi connectivity index (χ1v) is 10.5. The summed E-state index contributed by atoms with van der Waals surface area (Å²) in [5.74, 6) is -2.48. The van der Waals surface area contributed by atoms with Gasteiger partial charge < -0.3 is 25.0 Å². The number of thiophene rings is 1. The zero-order valence-electron chi connectivity index (χ0n) is 16.8. The van der Waals surface area contributed by atoms with Crippen LogP contribution in [0.25, 0.3) is 0 Å². The van der Waals surface area contributed by atoms with Crippen molar-refractivity contribution in [2.24, 2.45) is 0 Å². The van der Waals surface area contributed by atoms with Crippen LogP contribution in [0.1, 0.15) is 53.5 Å². The standard InChI is InChI=1S/C20H24N2O7S/c1-3-28-20(27)17-12-6-4-5-7-13(12)30-18(17)21-14(23)10-29-19(26)11(2)22-15(24)8-9-16(22)25/h8-9,11,24-25H,3-7,10H2,1-2H3,(H,21,23). The number of aromatic hydroxyl groups is 2. The van der Waals surface area contributed by atoms with Gasteiger partial charge in [0.15, 0.2) is 18.4 Å². The van der Waals surface area contributed by atoms with Crippen LogP contribution in [0.5, 0.6) is 11.8 Å². The molecule has 2 aromatic rings. The molecule has 10 heteroatoms. The Kier molecular flexibility index (Phi) is 6.66. The van der Waals surface area contributed by atoms with E-state index in [-0.39, 0.29) is 18.4 Å². The van der Waals surface area contributed by atoms with Crippen LogP contribution in [0.15, 0.2) is 12.1 Å². The van der Waals surface area contributed by atoms with E-state index < -0.39 is 30.5 Å². The lowest BCUT2D eigenvalue weighted by atomic mass is 9.95. The van der Waals surface area contributed by atoms with Crippen molar-refractivity contribution in [3.63, 3.8) is 0 Å². The predicted molar refractivity (Wildman–Crippen MR) is 109 cm³/mol. The predicted octanol–water partition coefficient (Wildman–Crippen LogP) is 2.76. The number of ether oxygens (including phenoxy) is 2. The summed E-state index contributed by atoms with van der Waals surface area (Å²) in [6, 6.07) is 1.44. The third kappa shape index (κ3) is 4.43. The Morgan fingerprint density at radius 2 is 1.83 bits per heavy atom. The van der Waals surface area contributed by atoms with Crippen LogP contribution in [-0.4, -0.2) is 45.8 Å². The fourth-order valence-electron chi connectivity index (χ4n) is 3.42. The topological polar surface area (TPSA) is 127 Å². The Morgan fingerprint density at radius 3 is 2.50 bits per heavy atom. The number of hydrogen-bond donors (Lipinski definition) is 3. The number of amides is 1. The molecule has 1 aliphatic carbocycles. The molecular formula is C20H24N2O7S. The lowest BCUT2D eigenvalue weighted by Gasteiger charge is -2.15. The molecule has 0 aromatic carbocycles. The molecular weight excluding hydrogens is 412 g/mol. The fourth-order valence-corrected chi connectivity index (χ4v) is 4.72. The molecule has 0 aliphatic heterocycles. The highest BCUT2D eigenvalue weighted by Crippen LogP contribution is 2.38. The van der Waals surface area contributed by atoms with E-state index in [4.69, 9.17) is 9.47 Å². The van der Waals surface area contributed by atoms with E-state index in [9.17, 15) is 24.6 Å². The lowest BCUT2D eigenvalue weighted by Crippen LogP contribution is -2.25. The van der Waals surface area contributed by atoms with Gasteiger partial charge in [0.2, 0.25) is 0 Å². The summed E-state index contributed by atoms with van der Waals surface area (Å²) >= 11 is 1.34. The average molecular weight is 436 g/mol. The first kappa shape index (κ1) is 21.7. The van der Waals surface area contributed by atoms with Crippen molar-refractivity contribution in [3.8, 4) is 11.8 Å². The molecule has 1 amide bonds. The Labute approximate surface area is 177 Å². The quantitative estimate of drug-likeness (QED) is 0.570. The zero-order valence-corrected chi connectivity index (χ0v) is 17.6. The Hall–Kier alpha value is -3.01. The minimum Gasteiger partial charge on any atom is -0.494 e. The maximum atomic E-state index is 12.4. The Morgan fingerprint density at radius 1 is 1.17 bits per heavy atom. The van der Waals surface area contributed by atoms with Gasteiger partial charge in [0, 0.05) is 17.0 Å². The van der Waals surface area contributed by atoms with E-state index in [0.29, 0.717) is 10.6 Å². The number of aryl methyl sites for hydroxylation is 1. The molecule has 0 fully saturated rings. The van der Waals surface area contributed by atoms with Crippen molar-refractivity contribution in [2.45, 2.75) is 45.6 Å². The molecule has 0 spiro atoms. The van der Waals surface area contributed by atoms with Gasteiger partial charge in [-0.25, -0.2) is 9.59 Å². The summed E-state index contributed by atoms with van der Waals surface area (Å²) in [5, 5.41) is 22.5. The van der Waals surface area contributed by atoms with Gasteiger partial charge in [-0.15, -0.1) is 11.3 Å². The van der Waals surface area contributed by atoms with Crippen molar-refractivity contribution < 1.29 is 34.1 Å². The van der Waals surface area contributed by atoms with Gasteiger partial charge >= 0.3 is 11.9 Å². The van der Waals surface area contributed by atoms with Crippen molar-refractivity contribution in [3.05, 3.63) is 28.1 Å². The molecule has 1 aliphatic rings. The second-order valence-electron chi connectivity index (χ2n) is 6.89. The fraction of sp³-hybridized carbons (Fsp3) is 0.450. The van der Waals surface area contributed by atoms with Crippen LogP contribution in [0.3, 0.4) is 0 Å². The number of nitrogens with zero attached hydrogens (tertiary/aromatic N) is 1. The highest BCUT2D eigenvalue weighted by Gasteiger charge is 2.28. The number of aromatic nitrogens is 1. The van der Waals surface area contributed by atoms with Crippen LogP contribution < -0.4 is 5.32 Å². The minimum atomic E-state index is -1.03. The molecule has 0 radical (unpaired) electrons. The molecule has 0 bridgehead atoms. The first-order valence-electron chi connectivity index (χ1n) is 9.70. The lowest BCUT2D eigenvalue weighted by molar-refractivity contribution is -0.150. The molecule has 1 unspecified atom stereocenters. The van der Waals surface area contributed by atoms with Gasteiger partial charge in [-0.3, -0.25) is 9.36 Å². The molecule has 9 nitrogen and oxygen atoms in total. The summed E-state index contributed by atoms with van der Waals surface area (Å²) in [6.07, 6.45) is 3.60. The molecule has 0 saturated heterocycles. The van der Waals surface area contributed by atoms with Crippen molar-refractivity contribution in [2.75, 3.05) is 18.5 Å². The summed E-state index contributed by atoms with van der Waals surface area (Å²) < 4.78 is 11.1. The van der Waals surface area contributed by atoms with E-state index in [1.54, 1.807) is 6.92 Å². The molecule has 2 heterocycles. The summed E-state index contributed by atoms with van der Waals surface area (Å²) in [4.78, 5) is 38.1. The number of carbonyl (C=O) groups excluding carboxylic acids is 3. The van der Waals surface area contributed by atoms with Gasteiger partial charge in [0.25, 0.3) is 5.91 Å². The SMILES string of the molecule is CCOC(=O)c1c(NC(=O)COC(=O)C(C)n2c(O)ccc2O)sc2c1CCCC2. The van der Waals surface area contributed by atoms with Crippen LogP contribution in [0.4, 0.5) is 5.00 Å². The molecule has 2 aromatic heterocycles. The second-order valence-corrected chi connectivity index (χ2v) is 7.99. The maximum absolute atomic E-state index is 12.4. The molecule has 3 N–H and O–H groups in total. The van der Waals surface area contributed by atoms with E-state index in [1.165, 1.54) is 30.4 Å². The minimum absolute atomic E-state index is 0.228. The summed E-state index contributed by atoms with van der Waals surface area (Å²) in [7, 11) is 0. The molecule has 0 saturated carbocycles. The van der Waals surface area contributed by atoms with E-state index in [0.717, 1.165) is 40.7 Å². The highest BCUT2D eigenvalue weighted by molar-refractivity contribution is 7.17. The third-order valence-corrected chi connectivity index (χ3v) is 6.06. The van der Waals surface area contributed by atoms with Crippen LogP contribution >= 0.6 is 11.3 Å². The van der Waals surface area contributed by atoms with Gasteiger partial charge in [0.05, 0.1) is 12.2 Å². The van der Waals surface area contributed by atoms with Crippen LogP contribution in [-0.2, 0) is 31.9 Å². The van der Waals surface area contributed by atoms with E-state index in [2.05, 4.69) is 5.32 Å². The van der Waals surface area contributed by atoms with Crippen molar-refractivity contribution >= 4 is 34.2 Å². The second kappa shape index (κ2) is 9.21. The highest BCUT2D eigenvalue weighted by atomic mass is 32.1. The number of nitrogens with one attached hydrogen (secondary N) is 1. The number of anilines is 1. The number of rotatable bonds is 7. The summed E-state index contributed by atoms with van der Waals surface area (Å²) in [5.41, 5.74) is 1.30. The van der Waals surface area contributed by atoms with Crippen LogP contribution in [0, 0.1) is 0 Å². The Bertz CT molecular complexity index is 943. The molecule has 162 valence electrons. The number of hydrogen-bond acceptors (Lipinski definition) is 8. The van der Waals surface area contributed by atoms with Gasteiger partial charge in [-0.1, -0.05) is 0 Å². The monoisotopic (exact) mass is 436 g/mol. The van der Waals surface area contributed by atoms with Crippen LogP contribution in [0.2, 0.25) is 0 Å². The molecule has 1 atom stereocenters. The number of carbonyl (C=O) groups is 3. The smallest absolute Gasteiger partial charge is 0.341 e. The maximum Gasteiger partial charge on any atom is 0.341 e. The van der Waals surface area contributed by atoms with E-state index >= 15 is 0 Å².